The first-order valence-corrected chi connectivity index (χ1v) is 23.8. The largest absolute Gasteiger partial charge is 0.541 e. The number of benzene rings is 2. The van der Waals surface area contributed by atoms with Crippen molar-refractivity contribution in [2.24, 2.45) is 11.8 Å². The van der Waals surface area contributed by atoms with Crippen LogP contribution < -0.4 is 18.3 Å². The second-order valence-corrected chi connectivity index (χ2v) is 27.7. The van der Waals surface area contributed by atoms with E-state index in [2.05, 4.69) is 92.0 Å². The highest BCUT2D eigenvalue weighted by Gasteiger charge is 2.53. The maximum absolute atomic E-state index is 13.5. The van der Waals surface area contributed by atoms with Crippen LogP contribution in [0.5, 0.6) is 23.0 Å². The summed E-state index contributed by atoms with van der Waals surface area (Å²) in [6, 6.07) is 12.5. The van der Waals surface area contributed by atoms with Crippen LogP contribution in [0.15, 0.2) is 36.4 Å². The Morgan fingerprint density at radius 1 is 0.800 bits per heavy atom. The lowest BCUT2D eigenvalue weighted by molar-refractivity contribution is -0.141. The monoisotopic (exact) mass is 690 g/mol. The Labute approximate surface area is 282 Å². The molecular formula is C35H54O6S2Si2. The summed E-state index contributed by atoms with van der Waals surface area (Å²) >= 11 is 3.90. The van der Waals surface area contributed by atoms with Gasteiger partial charge in [0, 0.05) is 5.92 Å². The fourth-order valence-corrected chi connectivity index (χ4v) is 11.0. The van der Waals surface area contributed by atoms with E-state index >= 15 is 0 Å². The standard InChI is InChI=1S/C35H54O6S2Si2/c1-33(2,3)44(9,10)40-30-21-24(14-16-28(30)37-7)20-26-27(23-39-32(26)36)35(42-18-13-19-43-35)25-15-17-29(38-8)31(22-25)41-45(11,12)34(4,5)6/h14-17,21-22,26-27H,13,18-20,23H2,1-12H3/t26-,27+/m1/s1. The summed E-state index contributed by atoms with van der Waals surface area (Å²) in [6.45, 7) is 22.8. The van der Waals surface area contributed by atoms with Crippen LogP contribution in [0.4, 0.5) is 0 Å². The molecule has 2 aromatic carbocycles. The predicted molar refractivity (Wildman–Crippen MR) is 194 cm³/mol. The van der Waals surface area contributed by atoms with Gasteiger partial charge in [0.15, 0.2) is 11.5 Å². The van der Waals surface area contributed by atoms with Crippen molar-refractivity contribution in [3.8, 4) is 23.0 Å². The third-order valence-corrected chi connectivity index (χ3v) is 22.5. The van der Waals surface area contributed by atoms with Crippen molar-refractivity contribution in [1.29, 1.82) is 0 Å². The Hall–Kier alpha value is -1.76. The minimum absolute atomic E-state index is 0.0127. The third kappa shape index (κ3) is 7.54. The van der Waals surface area contributed by atoms with Crippen LogP contribution in [0.25, 0.3) is 0 Å². The fraction of sp³-hybridized carbons (Fsp3) is 0.629. The summed E-state index contributed by atoms with van der Waals surface area (Å²) in [5.74, 6) is 4.64. The molecule has 2 fully saturated rings. The van der Waals surface area contributed by atoms with Crippen molar-refractivity contribution in [3.63, 3.8) is 0 Å². The van der Waals surface area contributed by atoms with Crippen molar-refractivity contribution in [2.45, 2.75) is 94.7 Å². The van der Waals surface area contributed by atoms with Crippen LogP contribution >= 0.6 is 23.5 Å². The summed E-state index contributed by atoms with van der Waals surface area (Å²) in [5, 5.41) is 0.0874. The van der Waals surface area contributed by atoms with Crippen LogP contribution in [0.2, 0.25) is 36.3 Å². The molecule has 0 unspecified atom stereocenters. The Bertz CT molecular complexity index is 1360. The van der Waals surface area contributed by atoms with E-state index in [0.29, 0.717) is 13.0 Å². The van der Waals surface area contributed by atoms with Crippen LogP contribution in [-0.2, 0) is 20.0 Å². The predicted octanol–water partition coefficient (Wildman–Crippen LogP) is 9.53. The summed E-state index contributed by atoms with van der Waals surface area (Å²) in [4.78, 5) is 13.5. The maximum atomic E-state index is 13.5. The Morgan fingerprint density at radius 2 is 1.31 bits per heavy atom. The topological polar surface area (TPSA) is 63.2 Å². The molecule has 2 aliphatic heterocycles. The molecule has 0 N–H and O–H groups in total. The lowest BCUT2D eigenvalue weighted by atomic mass is 9.84. The van der Waals surface area contributed by atoms with Gasteiger partial charge < -0.3 is 23.1 Å². The van der Waals surface area contributed by atoms with E-state index in [1.807, 2.05) is 35.7 Å². The van der Waals surface area contributed by atoms with Crippen molar-refractivity contribution >= 4 is 46.1 Å². The lowest BCUT2D eigenvalue weighted by Crippen LogP contribution is -2.44. The van der Waals surface area contributed by atoms with E-state index in [1.54, 1.807) is 14.2 Å². The van der Waals surface area contributed by atoms with Gasteiger partial charge in [-0.1, -0.05) is 53.7 Å². The number of carbonyl (C=O) groups is 1. The molecule has 4 rings (SSSR count). The molecular weight excluding hydrogens is 637 g/mol. The Kier molecular flexibility index (Phi) is 10.7. The molecule has 2 saturated heterocycles. The smallest absolute Gasteiger partial charge is 0.309 e. The minimum Gasteiger partial charge on any atom is -0.541 e. The highest BCUT2D eigenvalue weighted by molar-refractivity contribution is 8.18. The van der Waals surface area contributed by atoms with Gasteiger partial charge in [0.05, 0.1) is 30.8 Å². The Balaban J connectivity index is 1.72. The number of hydrogen-bond donors (Lipinski definition) is 0. The van der Waals surface area contributed by atoms with Gasteiger partial charge in [-0.3, -0.25) is 4.79 Å². The molecule has 0 aliphatic carbocycles. The molecule has 0 saturated carbocycles. The second-order valence-electron chi connectivity index (χ2n) is 15.3. The molecule has 2 aliphatic rings. The van der Waals surface area contributed by atoms with E-state index in [9.17, 15) is 4.79 Å². The minimum atomic E-state index is -2.13. The summed E-state index contributed by atoms with van der Waals surface area (Å²) in [7, 11) is -0.865. The number of cyclic esters (lactones) is 1. The molecule has 0 radical (unpaired) electrons. The first-order chi connectivity index (χ1) is 20.8. The zero-order chi connectivity index (χ0) is 33.4. The van der Waals surface area contributed by atoms with Crippen LogP contribution in [0.1, 0.15) is 59.1 Å². The lowest BCUT2D eigenvalue weighted by Gasteiger charge is -2.43. The molecule has 0 amide bonds. The van der Waals surface area contributed by atoms with Gasteiger partial charge in [-0.2, -0.15) is 0 Å². The molecule has 2 heterocycles. The SMILES string of the molecule is COc1ccc(C[C@H]2C(=O)OC[C@@H]2C2(c3ccc(OC)c(O[Si](C)(C)C(C)(C)C)c3)SCCCS2)cc1O[Si](C)(C)C(C)(C)C. The van der Waals surface area contributed by atoms with Crippen molar-refractivity contribution < 1.29 is 27.9 Å². The zero-order valence-corrected chi connectivity index (χ0v) is 33.1. The van der Waals surface area contributed by atoms with Crippen LogP contribution in [0, 0.1) is 11.8 Å². The first kappa shape index (κ1) is 36.1. The Morgan fingerprint density at radius 3 is 1.82 bits per heavy atom. The number of thioether (sulfide) groups is 2. The number of ether oxygens (including phenoxy) is 3. The van der Waals surface area contributed by atoms with Gasteiger partial charge in [0.1, 0.15) is 11.5 Å². The fourth-order valence-electron chi connectivity index (χ4n) is 5.31. The van der Waals surface area contributed by atoms with Gasteiger partial charge >= 0.3 is 5.97 Å². The van der Waals surface area contributed by atoms with Gasteiger partial charge in [-0.15, -0.1) is 23.5 Å². The number of esters is 1. The summed E-state index contributed by atoms with van der Waals surface area (Å²) < 4.78 is 30.6. The molecule has 0 bridgehead atoms. The summed E-state index contributed by atoms with van der Waals surface area (Å²) in [5.41, 5.74) is 2.22. The van der Waals surface area contributed by atoms with E-state index in [1.165, 1.54) is 0 Å². The third-order valence-electron chi connectivity index (χ3n) is 10.2. The number of carbonyl (C=O) groups excluding carboxylic acids is 1. The summed E-state index contributed by atoms with van der Waals surface area (Å²) in [6.07, 6.45) is 1.72. The van der Waals surface area contributed by atoms with Gasteiger partial charge in [0.25, 0.3) is 16.6 Å². The highest BCUT2D eigenvalue weighted by atomic mass is 32.2. The van der Waals surface area contributed by atoms with Crippen molar-refractivity contribution in [1.82, 2.24) is 0 Å². The number of methoxy groups -OCH3 is 2. The van der Waals surface area contributed by atoms with E-state index in [-0.39, 0.29) is 32.0 Å². The molecule has 6 nitrogen and oxygen atoms in total. The quantitative estimate of drug-likeness (QED) is 0.181. The van der Waals surface area contributed by atoms with Crippen molar-refractivity contribution in [2.75, 3.05) is 32.3 Å². The normalized spacial score (nSPS) is 20.8. The molecule has 0 spiro atoms. The molecule has 45 heavy (non-hydrogen) atoms. The zero-order valence-electron chi connectivity index (χ0n) is 29.4. The molecule has 2 atom stereocenters. The van der Waals surface area contributed by atoms with E-state index < -0.39 is 16.6 Å². The van der Waals surface area contributed by atoms with Gasteiger partial charge in [0.2, 0.25) is 0 Å². The first-order valence-electron chi connectivity index (χ1n) is 16.0. The van der Waals surface area contributed by atoms with Crippen LogP contribution in [-0.4, -0.2) is 54.9 Å². The molecule has 10 heteroatoms. The van der Waals surface area contributed by atoms with Crippen LogP contribution in [0.3, 0.4) is 0 Å². The van der Waals surface area contributed by atoms with E-state index in [4.69, 9.17) is 23.1 Å². The average Bonchev–Trinajstić information content (AvgIpc) is 3.32. The molecule has 250 valence electrons. The number of hydrogen-bond acceptors (Lipinski definition) is 8. The maximum Gasteiger partial charge on any atom is 0.309 e. The van der Waals surface area contributed by atoms with E-state index in [0.717, 1.165) is 52.1 Å². The molecule has 0 aromatic heterocycles. The van der Waals surface area contributed by atoms with Gasteiger partial charge in [-0.05, 0) is 96.0 Å². The van der Waals surface area contributed by atoms with Gasteiger partial charge in [-0.25, -0.2) is 0 Å². The molecule has 2 aromatic rings. The van der Waals surface area contributed by atoms with Crippen molar-refractivity contribution in [3.05, 3.63) is 47.5 Å². The highest BCUT2D eigenvalue weighted by Crippen LogP contribution is 2.60. The number of rotatable bonds is 10. The second kappa shape index (κ2) is 13.4. The average molecular weight is 691 g/mol.